The lowest BCUT2D eigenvalue weighted by Gasteiger charge is -2.12. The van der Waals surface area contributed by atoms with Crippen molar-refractivity contribution in [3.05, 3.63) is 47.5 Å². The van der Waals surface area contributed by atoms with Crippen molar-refractivity contribution in [2.75, 3.05) is 5.32 Å². The van der Waals surface area contributed by atoms with E-state index in [1.807, 2.05) is 13.8 Å². The number of carbonyl (C=O) groups is 1. The minimum atomic E-state index is -0.156. The highest BCUT2D eigenvalue weighted by molar-refractivity contribution is 5.92. The Kier molecular flexibility index (Phi) is 5.14. The van der Waals surface area contributed by atoms with E-state index in [1.54, 1.807) is 30.3 Å². The number of rotatable bonds is 6. The third kappa shape index (κ3) is 3.50. The highest BCUT2D eigenvalue weighted by atomic mass is 16.5. The van der Waals surface area contributed by atoms with Crippen molar-refractivity contribution in [1.29, 1.82) is 0 Å². The molecule has 7 heteroatoms. The summed E-state index contributed by atoms with van der Waals surface area (Å²) in [5.74, 6) is -0.00246. The Morgan fingerprint density at radius 3 is 2.44 bits per heavy atom. The van der Waals surface area contributed by atoms with Crippen LogP contribution in [0.4, 0.5) is 5.88 Å². The Morgan fingerprint density at radius 1 is 1.15 bits per heavy atom. The van der Waals surface area contributed by atoms with Crippen LogP contribution in [-0.4, -0.2) is 26.9 Å². The minimum Gasteiger partial charge on any atom is -0.508 e. The van der Waals surface area contributed by atoms with E-state index in [-0.39, 0.29) is 29.9 Å². The molecule has 1 heterocycles. The Balaban J connectivity index is 2.22. The predicted molar refractivity (Wildman–Crippen MR) is 100 cm³/mol. The van der Waals surface area contributed by atoms with Crippen molar-refractivity contribution in [2.45, 2.75) is 26.4 Å². The zero-order valence-corrected chi connectivity index (χ0v) is 14.9. The van der Waals surface area contributed by atoms with Crippen LogP contribution in [0.1, 0.15) is 30.9 Å². The molecule has 140 valence electrons. The van der Waals surface area contributed by atoms with E-state index in [0.29, 0.717) is 34.4 Å². The first-order valence-corrected chi connectivity index (χ1v) is 8.42. The fraction of sp³-hybridized carbons (Fsp3) is 0.200. The van der Waals surface area contributed by atoms with E-state index in [2.05, 4.69) is 10.5 Å². The molecule has 0 bridgehead atoms. The monoisotopic (exact) mass is 368 g/mol. The average Bonchev–Trinajstić information content (AvgIpc) is 3.05. The van der Waals surface area contributed by atoms with Gasteiger partial charge in [-0.2, -0.15) is 0 Å². The van der Waals surface area contributed by atoms with Gasteiger partial charge in [0.2, 0.25) is 12.3 Å². The maximum atomic E-state index is 10.9. The Morgan fingerprint density at radius 2 is 1.85 bits per heavy atom. The van der Waals surface area contributed by atoms with Gasteiger partial charge < -0.3 is 19.8 Å². The summed E-state index contributed by atoms with van der Waals surface area (Å²) in [6, 6.07) is 9.94. The number of aromatic nitrogens is 1. The molecule has 0 aliphatic rings. The van der Waals surface area contributed by atoms with Crippen molar-refractivity contribution >= 4 is 12.3 Å². The molecule has 1 amide bonds. The molecular weight excluding hydrogens is 348 g/mol. The minimum absolute atomic E-state index is 0.00478. The highest BCUT2D eigenvalue weighted by Crippen LogP contribution is 2.43. The molecule has 0 radical (unpaired) electrons. The molecule has 0 aliphatic carbocycles. The molecule has 0 spiro atoms. The van der Waals surface area contributed by atoms with Gasteiger partial charge in [0.1, 0.15) is 17.2 Å². The number of nitrogens with one attached hydrogen (secondary N) is 1. The molecular formula is C20H20N2O5. The average molecular weight is 368 g/mol. The largest absolute Gasteiger partial charge is 0.508 e. The number of hydrogen-bond acceptors (Lipinski definition) is 6. The second-order valence-electron chi connectivity index (χ2n) is 6.44. The first-order chi connectivity index (χ1) is 13.0. The summed E-state index contributed by atoms with van der Waals surface area (Å²) in [7, 11) is 0. The molecule has 3 aromatic rings. The molecule has 0 unspecified atom stereocenters. The lowest BCUT2D eigenvalue weighted by Crippen LogP contribution is -1.95. The number of amides is 1. The zero-order chi connectivity index (χ0) is 19.6. The quantitative estimate of drug-likeness (QED) is 0.494. The van der Waals surface area contributed by atoms with Gasteiger partial charge in [0.25, 0.3) is 0 Å². The number of phenols is 2. The fourth-order valence-corrected chi connectivity index (χ4v) is 2.92. The fourth-order valence-electron chi connectivity index (χ4n) is 2.92. The summed E-state index contributed by atoms with van der Waals surface area (Å²) >= 11 is 0. The van der Waals surface area contributed by atoms with E-state index in [4.69, 9.17) is 4.52 Å². The number of benzene rings is 2. The molecule has 1 aromatic heterocycles. The molecule has 7 nitrogen and oxygen atoms in total. The van der Waals surface area contributed by atoms with E-state index in [9.17, 15) is 20.1 Å². The standard InChI is InChI=1S/C20H20N2O5/c1-11(2)14-7-15(17(26)8-16(14)25)19-18(20(21-10-24)27-22-19)13-5-3-12(9-23)4-6-13/h3-8,10-11,23,25-26H,9H2,1-2H3,(H,21,24). The third-order valence-electron chi connectivity index (χ3n) is 4.33. The first kappa shape index (κ1) is 18.5. The number of carbonyl (C=O) groups excluding carboxylic acids is 1. The Hall–Kier alpha value is -3.32. The first-order valence-electron chi connectivity index (χ1n) is 8.42. The molecule has 0 saturated carbocycles. The second-order valence-corrected chi connectivity index (χ2v) is 6.44. The van der Waals surface area contributed by atoms with E-state index in [1.165, 1.54) is 6.07 Å². The predicted octanol–water partition coefficient (Wildman–Crippen LogP) is 3.60. The van der Waals surface area contributed by atoms with Gasteiger partial charge in [-0.05, 0) is 28.7 Å². The summed E-state index contributed by atoms with van der Waals surface area (Å²) in [6.45, 7) is 3.76. The number of anilines is 1. The van der Waals surface area contributed by atoms with Crippen LogP contribution in [0.2, 0.25) is 0 Å². The Bertz CT molecular complexity index is 961. The van der Waals surface area contributed by atoms with E-state index < -0.39 is 0 Å². The van der Waals surface area contributed by atoms with Crippen LogP contribution in [0.25, 0.3) is 22.4 Å². The van der Waals surface area contributed by atoms with Gasteiger partial charge in [0.15, 0.2) is 0 Å². The molecule has 0 saturated heterocycles. The molecule has 27 heavy (non-hydrogen) atoms. The van der Waals surface area contributed by atoms with Crippen LogP contribution in [0, 0.1) is 0 Å². The summed E-state index contributed by atoms with van der Waals surface area (Å²) in [5, 5.41) is 36.2. The lowest BCUT2D eigenvalue weighted by atomic mass is 9.94. The van der Waals surface area contributed by atoms with Gasteiger partial charge in [0.05, 0.1) is 12.2 Å². The normalized spacial score (nSPS) is 11.0. The highest BCUT2D eigenvalue weighted by Gasteiger charge is 2.23. The van der Waals surface area contributed by atoms with Crippen LogP contribution in [0.15, 0.2) is 40.9 Å². The second kappa shape index (κ2) is 7.51. The molecule has 0 aliphatic heterocycles. The molecule has 0 fully saturated rings. The molecule has 2 aromatic carbocycles. The van der Waals surface area contributed by atoms with Gasteiger partial charge in [-0.3, -0.25) is 10.1 Å². The van der Waals surface area contributed by atoms with Crippen molar-refractivity contribution in [3.63, 3.8) is 0 Å². The Labute approximate surface area is 155 Å². The van der Waals surface area contributed by atoms with Crippen molar-refractivity contribution < 1.29 is 24.6 Å². The third-order valence-corrected chi connectivity index (χ3v) is 4.33. The van der Waals surface area contributed by atoms with Crippen LogP contribution in [0.3, 0.4) is 0 Å². The summed E-state index contributed by atoms with van der Waals surface area (Å²) in [4.78, 5) is 10.9. The number of aliphatic hydroxyl groups excluding tert-OH is 1. The molecule has 0 atom stereocenters. The number of aromatic hydroxyl groups is 2. The maximum absolute atomic E-state index is 10.9. The van der Waals surface area contributed by atoms with Gasteiger partial charge in [-0.15, -0.1) is 0 Å². The zero-order valence-electron chi connectivity index (χ0n) is 14.9. The van der Waals surface area contributed by atoms with Crippen LogP contribution < -0.4 is 5.32 Å². The van der Waals surface area contributed by atoms with E-state index in [0.717, 1.165) is 5.56 Å². The number of aliphatic hydroxyl groups is 1. The van der Waals surface area contributed by atoms with Crippen LogP contribution >= 0.6 is 0 Å². The summed E-state index contributed by atoms with van der Waals surface area (Å²) in [6.07, 6.45) is 0.478. The van der Waals surface area contributed by atoms with Gasteiger partial charge in [-0.1, -0.05) is 43.3 Å². The molecule has 3 rings (SSSR count). The van der Waals surface area contributed by atoms with Crippen molar-refractivity contribution in [1.82, 2.24) is 5.16 Å². The number of phenolic OH excluding ortho intramolecular Hbond substituents is 2. The van der Waals surface area contributed by atoms with Crippen LogP contribution in [-0.2, 0) is 11.4 Å². The maximum Gasteiger partial charge on any atom is 0.239 e. The smallest absolute Gasteiger partial charge is 0.239 e. The van der Waals surface area contributed by atoms with Crippen molar-refractivity contribution in [3.8, 4) is 33.9 Å². The topological polar surface area (TPSA) is 116 Å². The van der Waals surface area contributed by atoms with Gasteiger partial charge in [0, 0.05) is 11.6 Å². The number of hydrogen-bond donors (Lipinski definition) is 4. The molecule has 4 N–H and O–H groups in total. The summed E-state index contributed by atoms with van der Waals surface area (Å²) < 4.78 is 5.27. The van der Waals surface area contributed by atoms with Gasteiger partial charge in [-0.25, -0.2) is 0 Å². The van der Waals surface area contributed by atoms with E-state index >= 15 is 0 Å². The van der Waals surface area contributed by atoms with Crippen molar-refractivity contribution in [2.24, 2.45) is 0 Å². The van der Waals surface area contributed by atoms with Gasteiger partial charge >= 0.3 is 0 Å². The number of nitrogens with zero attached hydrogens (tertiary/aromatic N) is 1. The van der Waals surface area contributed by atoms with Crippen LogP contribution in [0.5, 0.6) is 11.5 Å². The lowest BCUT2D eigenvalue weighted by molar-refractivity contribution is -0.105. The SMILES string of the molecule is CC(C)c1cc(-c2noc(NC=O)c2-c2ccc(CO)cc2)c(O)cc1O. The summed E-state index contributed by atoms with van der Waals surface area (Å²) in [5.41, 5.74) is 3.26.